The lowest BCUT2D eigenvalue weighted by Gasteiger charge is -2.22. The third-order valence-electron chi connectivity index (χ3n) is 18.8. The van der Waals surface area contributed by atoms with Crippen LogP contribution in [0.4, 0.5) is 0 Å². The first-order valence-corrected chi connectivity index (χ1v) is 39.4. The molecule has 0 radical (unpaired) electrons. The first kappa shape index (κ1) is 83.6. The van der Waals surface area contributed by atoms with Crippen LogP contribution in [0.5, 0.6) is 0 Å². The van der Waals surface area contributed by atoms with Gasteiger partial charge in [0.05, 0.1) is 25.4 Å². The number of aliphatic hydroxyl groups excluding tert-OH is 2. The SMILES string of the molecule is CCCCCCCCCCCCCCCCCCCCCC(=O)OCCCCCCCCCCCCCCCC/C=C\CCCCCCCCCCCCCCCCCCCC(=O)NC(CO)C(O)CCCCCCCCCCCCCCCC. The summed E-state index contributed by atoms with van der Waals surface area (Å²) in [6.07, 6.45) is 94.5. The molecule has 6 heteroatoms. The van der Waals surface area contributed by atoms with E-state index in [1.54, 1.807) is 0 Å². The summed E-state index contributed by atoms with van der Waals surface area (Å²) < 4.78 is 5.52. The van der Waals surface area contributed by atoms with Gasteiger partial charge < -0.3 is 20.3 Å². The molecule has 0 rings (SSSR count). The van der Waals surface area contributed by atoms with Gasteiger partial charge in [-0.1, -0.05) is 405 Å². The van der Waals surface area contributed by atoms with E-state index >= 15 is 0 Å². The van der Waals surface area contributed by atoms with E-state index in [9.17, 15) is 19.8 Å². The molecule has 0 aliphatic rings. The summed E-state index contributed by atoms with van der Waals surface area (Å²) in [7, 11) is 0. The zero-order chi connectivity index (χ0) is 61.3. The predicted molar refractivity (Wildman–Crippen MR) is 375 cm³/mol. The highest BCUT2D eigenvalue weighted by molar-refractivity contribution is 5.76. The van der Waals surface area contributed by atoms with Gasteiger partial charge in [-0.3, -0.25) is 9.59 Å². The molecule has 0 aromatic rings. The first-order valence-electron chi connectivity index (χ1n) is 39.4. The van der Waals surface area contributed by atoms with E-state index in [4.69, 9.17) is 4.74 Å². The zero-order valence-corrected chi connectivity index (χ0v) is 58.1. The largest absolute Gasteiger partial charge is 0.466 e. The minimum absolute atomic E-state index is 0.0262. The number of nitrogens with one attached hydrogen (secondary N) is 1. The first-order chi connectivity index (χ1) is 42.0. The van der Waals surface area contributed by atoms with Crippen LogP contribution in [0.3, 0.4) is 0 Å². The highest BCUT2D eigenvalue weighted by Gasteiger charge is 2.20. The summed E-state index contributed by atoms with van der Waals surface area (Å²) in [5, 5.41) is 23.3. The average molecular weight is 1200 g/mol. The molecule has 85 heavy (non-hydrogen) atoms. The molecule has 0 fully saturated rings. The van der Waals surface area contributed by atoms with Gasteiger partial charge in [0.1, 0.15) is 0 Å². The maximum Gasteiger partial charge on any atom is 0.305 e. The number of rotatable bonds is 75. The molecule has 2 unspecified atom stereocenters. The van der Waals surface area contributed by atoms with Gasteiger partial charge in [0.25, 0.3) is 0 Å². The molecule has 6 nitrogen and oxygen atoms in total. The molecule has 0 saturated carbocycles. The van der Waals surface area contributed by atoms with Gasteiger partial charge in [-0.15, -0.1) is 0 Å². The molecule has 0 bridgehead atoms. The number of hydrogen-bond donors (Lipinski definition) is 3. The Morgan fingerprint density at radius 3 is 0.835 bits per heavy atom. The Balaban J connectivity index is 3.30. The number of ether oxygens (including phenoxy) is 1. The Hall–Kier alpha value is -1.40. The molecule has 1 amide bonds. The average Bonchev–Trinajstić information content (AvgIpc) is 3.51. The maximum absolute atomic E-state index is 12.5. The molecule has 3 N–H and O–H groups in total. The molecular weight excluding hydrogens is 1040 g/mol. The van der Waals surface area contributed by atoms with E-state index in [2.05, 4.69) is 31.3 Å². The summed E-state index contributed by atoms with van der Waals surface area (Å²) in [4.78, 5) is 24.6. The Kier molecular flexibility index (Phi) is 73.8. The van der Waals surface area contributed by atoms with Crippen molar-refractivity contribution < 1.29 is 24.5 Å². The Morgan fingerprint density at radius 1 is 0.318 bits per heavy atom. The Morgan fingerprint density at radius 2 is 0.553 bits per heavy atom. The van der Waals surface area contributed by atoms with Crippen LogP contribution in [-0.2, 0) is 14.3 Å². The van der Waals surface area contributed by atoms with Crippen molar-refractivity contribution in [3.63, 3.8) is 0 Å². The molecule has 0 aliphatic heterocycles. The van der Waals surface area contributed by atoms with Crippen LogP contribution in [0.15, 0.2) is 12.2 Å². The third kappa shape index (κ3) is 71.6. The van der Waals surface area contributed by atoms with Crippen molar-refractivity contribution >= 4 is 11.9 Å². The van der Waals surface area contributed by atoms with E-state index < -0.39 is 12.1 Å². The van der Waals surface area contributed by atoms with E-state index in [0.717, 1.165) is 38.5 Å². The topological polar surface area (TPSA) is 95.9 Å². The van der Waals surface area contributed by atoms with Crippen LogP contribution in [-0.4, -0.2) is 47.4 Å². The molecule has 0 aromatic carbocycles. The monoisotopic (exact) mass is 1200 g/mol. The van der Waals surface area contributed by atoms with Crippen LogP contribution < -0.4 is 5.32 Å². The van der Waals surface area contributed by atoms with Crippen LogP contribution in [0.2, 0.25) is 0 Å². The normalized spacial score (nSPS) is 12.5. The van der Waals surface area contributed by atoms with Crippen molar-refractivity contribution in [3.05, 3.63) is 12.2 Å². The molecule has 0 spiro atoms. The van der Waals surface area contributed by atoms with Gasteiger partial charge in [0, 0.05) is 12.8 Å². The molecule has 0 aromatic heterocycles. The summed E-state index contributed by atoms with van der Waals surface area (Å²) >= 11 is 0. The van der Waals surface area contributed by atoms with E-state index in [-0.39, 0.29) is 18.5 Å². The molecule has 0 heterocycles. The third-order valence-corrected chi connectivity index (χ3v) is 18.8. The smallest absolute Gasteiger partial charge is 0.305 e. The fourth-order valence-corrected chi connectivity index (χ4v) is 12.8. The lowest BCUT2D eigenvalue weighted by molar-refractivity contribution is -0.143. The van der Waals surface area contributed by atoms with Crippen molar-refractivity contribution in [2.24, 2.45) is 0 Å². The van der Waals surface area contributed by atoms with Crippen molar-refractivity contribution in [1.29, 1.82) is 0 Å². The summed E-state index contributed by atoms with van der Waals surface area (Å²) in [5.74, 6) is -0.00177. The van der Waals surface area contributed by atoms with Gasteiger partial charge >= 0.3 is 5.97 Å². The fourth-order valence-electron chi connectivity index (χ4n) is 12.8. The van der Waals surface area contributed by atoms with Gasteiger partial charge in [0.2, 0.25) is 5.91 Å². The van der Waals surface area contributed by atoms with Crippen LogP contribution in [0.25, 0.3) is 0 Å². The van der Waals surface area contributed by atoms with E-state index in [1.807, 2.05) is 0 Å². The quantitative estimate of drug-likeness (QED) is 0.0320. The van der Waals surface area contributed by atoms with Gasteiger partial charge in [-0.2, -0.15) is 0 Å². The lowest BCUT2D eigenvalue weighted by atomic mass is 10.0. The molecular formula is C79H155NO5. The second kappa shape index (κ2) is 75.1. The number of aliphatic hydroxyl groups is 2. The van der Waals surface area contributed by atoms with Crippen molar-refractivity contribution in [2.75, 3.05) is 13.2 Å². The van der Waals surface area contributed by atoms with Crippen molar-refractivity contribution in [1.82, 2.24) is 5.32 Å². The lowest BCUT2D eigenvalue weighted by Crippen LogP contribution is -2.45. The minimum atomic E-state index is -0.661. The zero-order valence-electron chi connectivity index (χ0n) is 58.1. The number of allylic oxidation sites excluding steroid dienone is 2. The van der Waals surface area contributed by atoms with E-state index in [1.165, 1.54) is 385 Å². The second-order valence-electron chi connectivity index (χ2n) is 27.4. The Bertz CT molecular complexity index is 1290. The summed E-state index contributed by atoms with van der Waals surface area (Å²) in [5.41, 5.74) is 0. The number of carbonyl (C=O) groups is 2. The van der Waals surface area contributed by atoms with Crippen LogP contribution in [0.1, 0.15) is 457 Å². The highest BCUT2D eigenvalue weighted by Crippen LogP contribution is 2.20. The number of amides is 1. The number of esters is 1. The molecule has 506 valence electrons. The minimum Gasteiger partial charge on any atom is -0.466 e. The Labute approximate surface area is 533 Å². The number of carbonyl (C=O) groups excluding carboxylic acids is 2. The molecule has 0 aliphatic carbocycles. The fraction of sp³-hybridized carbons (Fsp3) is 0.949. The van der Waals surface area contributed by atoms with Gasteiger partial charge in [-0.05, 0) is 51.4 Å². The van der Waals surface area contributed by atoms with Gasteiger partial charge in [-0.25, -0.2) is 0 Å². The van der Waals surface area contributed by atoms with Gasteiger partial charge in [0.15, 0.2) is 0 Å². The van der Waals surface area contributed by atoms with Crippen molar-refractivity contribution in [2.45, 2.75) is 469 Å². The summed E-state index contributed by atoms with van der Waals surface area (Å²) in [6.45, 7) is 5.01. The number of hydrogen-bond acceptors (Lipinski definition) is 5. The molecule has 0 saturated heterocycles. The van der Waals surface area contributed by atoms with Crippen molar-refractivity contribution in [3.8, 4) is 0 Å². The maximum atomic E-state index is 12.5. The predicted octanol–water partition coefficient (Wildman–Crippen LogP) is 25.9. The second-order valence-corrected chi connectivity index (χ2v) is 27.4. The summed E-state index contributed by atoms with van der Waals surface area (Å²) in [6, 6.07) is -0.538. The van der Waals surface area contributed by atoms with E-state index in [0.29, 0.717) is 25.9 Å². The van der Waals surface area contributed by atoms with Crippen LogP contribution >= 0.6 is 0 Å². The standard InChI is InChI=1S/C79H155NO5/c1-3-5-7-9-11-13-15-17-19-20-38-42-45-49-53-57-61-65-69-73-79(84)85-74-70-66-62-58-54-50-46-43-40-37-35-33-31-29-27-25-23-21-22-24-26-28-30-32-34-36-39-41-44-48-52-56-60-64-68-72-78(83)80-76(75-81)77(82)71-67-63-59-55-51-47-18-16-14-12-10-8-6-4-2/h23,25,76-77,81-82H,3-22,24,26-75H2,1-2H3,(H,80,83)/b25-23-. The molecule has 2 atom stereocenters. The highest BCUT2D eigenvalue weighted by atomic mass is 16.5. The number of unbranched alkanes of at least 4 members (excludes halogenated alkanes) is 62. The van der Waals surface area contributed by atoms with Crippen LogP contribution in [0, 0.1) is 0 Å².